The van der Waals surface area contributed by atoms with Crippen molar-refractivity contribution in [3.05, 3.63) is 57.6 Å². The zero-order chi connectivity index (χ0) is 16.1. The van der Waals surface area contributed by atoms with Gasteiger partial charge in [0.15, 0.2) is 0 Å². The second-order valence-electron chi connectivity index (χ2n) is 5.57. The van der Waals surface area contributed by atoms with E-state index in [1.165, 1.54) is 5.56 Å². The Morgan fingerprint density at radius 3 is 2.32 bits per heavy atom. The van der Waals surface area contributed by atoms with Crippen molar-refractivity contribution in [2.24, 2.45) is 0 Å². The van der Waals surface area contributed by atoms with Crippen LogP contribution >= 0.6 is 15.9 Å². The van der Waals surface area contributed by atoms with Crippen LogP contribution in [0.25, 0.3) is 0 Å². The standard InChI is InChI=1S/C18H21BrN2O/c1-12-8-13(2)10-16(9-12)21-18(22)6-7-20-15-5-4-14(3)17(19)11-15/h4-5,8-11,20H,6-7H2,1-3H3,(H,21,22). The van der Waals surface area contributed by atoms with Crippen molar-refractivity contribution >= 4 is 33.2 Å². The first-order valence-corrected chi connectivity index (χ1v) is 8.11. The predicted octanol–water partition coefficient (Wildman–Crippen LogP) is 4.82. The molecule has 2 rings (SSSR count). The number of benzene rings is 2. The fraction of sp³-hybridized carbons (Fsp3) is 0.278. The van der Waals surface area contributed by atoms with Crippen LogP contribution in [0.5, 0.6) is 0 Å². The van der Waals surface area contributed by atoms with Crippen LogP contribution < -0.4 is 10.6 Å². The number of nitrogens with one attached hydrogen (secondary N) is 2. The highest BCUT2D eigenvalue weighted by atomic mass is 79.9. The minimum Gasteiger partial charge on any atom is -0.384 e. The third-order valence-electron chi connectivity index (χ3n) is 3.36. The second-order valence-corrected chi connectivity index (χ2v) is 6.42. The molecule has 0 saturated heterocycles. The molecule has 0 aliphatic heterocycles. The van der Waals surface area contributed by atoms with Gasteiger partial charge in [0.25, 0.3) is 0 Å². The maximum absolute atomic E-state index is 12.0. The van der Waals surface area contributed by atoms with Crippen molar-refractivity contribution in [1.29, 1.82) is 0 Å². The number of rotatable bonds is 5. The maximum Gasteiger partial charge on any atom is 0.226 e. The van der Waals surface area contributed by atoms with E-state index >= 15 is 0 Å². The van der Waals surface area contributed by atoms with Crippen LogP contribution in [-0.4, -0.2) is 12.5 Å². The van der Waals surface area contributed by atoms with Crippen molar-refractivity contribution in [3.63, 3.8) is 0 Å². The second kappa shape index (κ2) is 7.45. The van der Waals surface area contributed by atoms with Gasteiger partial charge in [0, 0.05) is 28.8 Å². The van der Waals surface area contributed by atoms with Crippen molar-refractivity contribution in [2.75, 3.05) is 17.2 Å². The van der Waals surface area contributed by atoms with Crippen LogP contribution in [0.3, 0.4) is 0 Å². The molecule has 0 unspecified atom stereocenters. The molecular formula is C18H21BrN2O. The van der Waals surface area contributed by atoms with Crippen LogP contribution in [-0.2, 0) is 4.79 Å². The molecule has 0 aliphatic carbocycles. The Bertz CT molecular complexity index is 663. The Balaban J connectivity index is 1.83. The smallest absolute Gasteiger partial charge is 0.226 e. The first-order valence-electron chi connectivity index (χ1n) is 7.32. The molecule has 0 bridgehead atoms. The summed E-state index contributed by atoms with van der Waals surface area (Å²) in [5, 5.41) is 6.20. The molecule has 2 aromatic carbocycles. The minimum absolute atomic E-state index is 0.0173. The van der Waals surface area contributed by atoms with Gasteiger partial charge in [-0.25, -0.2) is 0 Å². The molecular weight excluding hydrogens is 340 g/mol. The number of aryl methyl sites for hydroxylation is 3. The first kappa shape index (κ1) is 16.6. The number of carbonyl (C=O) groups is 1. The maximum atomic E-state index is 12.0. The Kier molecular flexibility index (Phi) is 5.61. The highest BCUT2D eigenvalue weighted by Gasteiger charge is 2.04. The molecule has 2 aromatic rings. The van der Waals surface area contributed by atoms with Crippen molar-refractivity contribution in [3.8, 4) is 0 Å². The van der Waals surface area contributed by atoms with Gasteiger partial charge in [0.05, 0.1) is 0 Å². The van der Waals surface area contributed by atoms with E-state index in [9.17, 15) is 4.79 Å². The summed E-state index contributed by atoms with van der Waals surface area (Å²) in [6, 6.07) is 12.1. The first-order chi connectivity index (χ1) is 10.4. The molecule has 0 aromatic heterocycles. The molecule has 22 heavy (non-hydrogen) atoms. The molecule has 0 radical (unpaired) electrons. The van der Waals surface area contributed by atoms with Crippen molar-refractivity contribution in [2.45, 2.75) is 27.2 Å². The Morgan fingerprint density at radius 1 is 1.00 bits per heavy atom. The fourth-order valence-corrected chi connectivity index (χ4v) is 2.67. The van der Waals surface area contributed by atoms with E-state index in [1.807, 2.05) is 51.1 Å². The number of hydrogen-bond acceptors (Lipinski definition) is 2. The van der Waals surface area contributed by atoms with Gasteiger partial charge < -0.3 is 10.6 Å². The molecule has 116 valence electrons. The monoisotopic (exact) mass is 360 g/mol. The molecule has 4 heteroatoms. The zero-order valence-electron chi connectivity index (χ0n) is 13.2. The summed E-state index contributed by atoms with van der Waals surface area (Å²) in [6.45, 7) is 6.70. The highest BCUT2D eigenvalue weighted by molar-refractivity contribution is 9.10. The lowest BCUT2D eigenvalue weighted by Gasteiger charge is -2.10. The summed E-state index contributed by atoms with van der Waals surface area (Å²) in [6.07, 6.45) is 0.429. The van der Waals surface area contributed by atoms with Crippen LogP contribution in [0.15, 0.2) is 40.9 Å². The topological polar surface area (TPSA) is 41.1 Å². The van der Waals surface area contributed by atoms with Crippen LogP contribution in [0.4, 0.5) is 11.4 Å². The number of hydrogen-bond donors (Lipinski definition) is 2. The summed E-state index contributed by atoms with van der Waals surface area (Å²) >= 11 is 3.51. The van der Waals surface area contributed by atoms with Crippen molar-refractivity contribution in [1.82, 2.24) is 0 Å². The number of amides is 1. The third kappa shape index (κ3) is 4.88. The molecule has 0 saturated carbocycles. The lowest BCUT2D eigenvalue weighted by atomic mass is 10.1. The summed E-state index contributed by atoms with van der Waals surface area (Å²) in [5.74, 6) is 0.0173. The number of carbonyl (C=O) groups excluding carboxylic acids is 1. The zero-order valence-corrected chi connectivity index (χ0v) is 14.8. The van der Waals surface area contributed by atoms with Gasteiger partial charge in [0.2, 0.25) is 5.91 Å². The van der Waals surface area contributed by atoms with Gasteiger partial charge in [-0.2, -0.15) is 0 Å². The molecule has 1 amide bonds. The van der Waals surface area contributed by atoms with Gasteiger partial charge in [0.1, 0.15) is 0 Å². The van der Waals surface area contributed by atoms with E-state index in [2.05, 4.69) is 32.6 Å². The molecule has 0 spiro atoms. The van der Waals surface area contributed by atoms with E-state index in [0.29, 0.717) is 13.0 Å². The molecule has 0 heterocycles. The van der Waals surface area contributed by atoms with Gasteiger partial charge >= 0.3 is 0 Å². The average molecular weight is 361 g/mol. The van der Waals surface area contributed by atoms with Crippen LogP contribution in [0, 0.1) is 20.8 Å². The average Bonchev–Trinajstić information content (AvgIpc) is 2.41. The van der Waals surface area contributed by atoms with Crippen LogP contribution in [0.1, 0.15) is 23.1 Å². The summed E-state index contributed by atoms with van der Waals surface area (Å²) in [4.78, 5) is 12.0. The Morgan fingerprint density at radius 2 is 1.68 bits per heavy atom. The summed E-state index contributed by atoms with van der Waals surface area (Å²) < 4.78 is 1.07. The largest absolute Gasteiger partial charge is 0.384 e. The fourth-order valence-electron chi connectivity index (χ4n) is 2.29. The van der Waals surface area contributed by atoms with E-state index in [-0.39, 0.29) is 5.91 Å². The molecule has 0 aliphatic rings. The lowest BCUT2D eigenvalue weighted by Crippen LogP contribution is -2.16. The Labute approximate surface area is 140 Å². The van der Waals surface area contributed by atoms with Gasteiger partial charge in [-0.3, -0.25) is 4.79 Å². The lowest BCUT2D eigenvalue weighted by molar-refractivity contribution is -0.115. The molecule has 0 atom stereocenters. The summed E-state index contributed by atoms with van der Waals surface area (Å²) in [7, 11) is 0. The van der Waals surface area contributed by atoms with Gasteiger partial charge in [-0.1, -0.05) is 28.1 Å². The quantitative estimate of drug-likeness (QED) is 0.802. The van der Waals surface area contributed by atoms with E-state index < -0.39 is 0 Å². The van der Waals surface area contributed by atoms with Gasteiger partial charge in [-0.15, -0.1) is 0 Å². The van der Waals surface area contributed by atoms with E-state index in [4.69, 9.17) is 0 Å². The molecule has 0 fully saturated rings. The van der Waals surface area contributed by atoms with E-state index in [1.54, 1.807) is 0 Å². The molecule has 3 nitrogen and oxygen atoms in total. The van der Waals surface area contributed by atoms with Gasteiger partial charge in [-0.05, 0) is 61.7 Å². The Hall–Kier alpha value is -1.81. The predicted molar refractivity (Wildman–Crippen MR) is 96.5 cm³/mol. The van der Waals surface area contributed by atoms with E-state index in [0.717, 1.165) is 27.0 Å². The summed E-state index contributed by atoms with van der Waals surface area (Å²) in [5.41, 5.74) is 5.37. The van der Waals surface area contributed by atoms with Crippen LogP contribution in [0.2, 0.25) is 0 Å². The highest BCUT2D eigenvalue weighted by Crippen LogP contribution is 2.20. The number of halogens is 1. The minimum atomic E-state index is 0.0173. The SMILES string of the molecule is Cc1cc(C)cc(NC(=O)CCNc2ccc(C)c(Br)c2)c1. The number of anilines is 2. The normalized spacial score (nSPS) is 10.4. The third-order valence-corrected chi connectivity index (χ3v) is 4.21. The molecule has 2 N–H and O–H groups in total. The van der Waals surface area contributed by atoms with Crippen molar-refractivity contribution < 1.29 is 4.79 Å².